The molecular weight excluding hydrogens is 230 g/mol. The number of carbonyl (C=O) groups is 2. The first-order valence-corrected chi connectivity index (χ1v) is 6.88. The zero-order chi connectivity index (χ0) is 13.0. The molecule has 18 heavy (non-hydrogen) atoms. The number of carboxylic acid groups (broad SMARTS) is 1. The van der Waals surface area contributed by atoms with Gasteiger partial charge >= 0.3 is 5.97 Å². The smallest absolute Gasteiger partial charge is 0.326 e. The van der Waals surface area contributed by atoms with Crippen LogP contribution in [-0.4, -0.2) is 34.5 Å². The van der Waals surface area contributed by atoms with Crippen molar-refractivity contribution in [2.75, 3.05) is 6.54 Å². The van der Waals surface area contributed by atoms with E-state index in [1.54, 1.807) is 4.90 Å². The molecule has 100 valence electrons. The quantitative estimate of drug-likeness (QED) is 0.765. The maximum Gasteiger partial charge on any atom is 0.326 e. The van der Waals surface area contributed by atoms with Gasteiger partial charge in [0, 0.05) is 12.5 Å². The molecule has 0 spiro atoms. The van der Waals surface area contributed by atoms with Crippen LogP contribution in [0.15, 0.2) is 12.2 Å². The van der Waals surface area contributed by atoms with Gasteiger partial charge in [-0.3, -0.25) is 4.79 Å². The highest BCUT2D eigenvalue weighted by Gasteiger charge is 2.34. The summed E-state index contributed by atoms with van der Waals surface area (Å²) in [6.45, 7) is 0.611. The lowest BCUT2D eigenvalue weighted by Crippen LogP contribution is -2.50. The largest absolute Gasteiger partial charge is 0.480 e. The third-order valence-electron chi connectivity index (χ3n) is 3.95. The Kier molecular flexibility index (Phi) is 4.39. The number of amides is 1. The first kappa shape index (κ1) is 13.1. The van der Waals surface area contributed by atoms with Crippen molar-refractivity contribution in [1.82, 2.24) is 4.90 Å². The number of aliphatic carboxylic acids is 1. The van der Waals surface area contributed by atoms with Crippen LogP contribution < -0.4 is 0 Å². The van der Waals surface area contributed by atoms with Crippen molar-refractivity contribution >= 4 is 11.9 Å². The summed E-state index contributed by atoms with van der Waals surface area (Å²) < 4.78 is 0. The van der Waals surface area contributed by atoms with E-state index in [-0.39, 0.29) is 11.8 Å². The van der Waals surface area contributed by atoms with E-state index in [2.05, 4.69) is 12.2 Å². The predicted molar refractivity (Wildman–Crippen MR) is 68.1 cm³/mol. The van der Waals surface area contributed by atoms with E-state index in [1.165, 1.54) is 0 Å². The Morgan fingerprint density at radius 3 is 2.33 bits per heavy atom. The molecule has 0 saturated carbocycles. The van der Waals surface area contributed by atoms with Gasteiger partial charge in [-0.25, -0.2) is 4.79 Å². The Hall–Kier alpha value is -1.32. The van der Waals surface area contributed by atoms with Crippen molar-refractivity contribution in [3.8, 4) is 0 Å². The Balaban J connectivity index is 2.03. The number of allylic oxidation sites excluding steroid dienone is 2. The molecular formula is C14H21NO3. The van der Waals surface area contributed by atoms with Gasteiger partial charge in [-0.15, -0.1) is 0 Å². The average Bonchev–Trinajstić information content (AvgIpc) is 2.66. The molecule has 1 unspecified atom stereocenters. The molecule has 0 radical (unpaired) electrons. The maximum absolute atomic E-state index is 12.5. The molecule has 0 aromatic heterocycles. The summed E-state index contributed by atoms with van der Waals surface area (Å²) in [6, 6.07) is -0.595. The zero-order valence-electron chi connectivity index (χ0n) is 10.7. The van der Waals surface area contributed by atoms with E-state index in [9.17, 15) is 14.7 Å². The number of likely N-dealkylation sites (tertiary alicyclic amines) is 1. The highest BCUT2D eigenvalue weighted by Crippen LogP contribution is 2.25. The Morgan fingerprint density at radius 1 is 1.06 bits per heavy atom. The number of nitrogens with zero attached hydrogens (tertiary/aromatic N) is 1. The molecule has 0 bridgehead atoms. The highest BCUT2D eigenvalue weighted by atomic mass is 16.4. The SMILES string of the molecule is O=C(O)C1CCCCN1C(=O)C1CCC=CCC1. The molecule has 1 amide bonds. The van der Waals surface area contributed by atoms with Crippen molar-refractivity contribution < 1.29 is 14.7 Å². The van der Waals surface area contributed by atoms with Gasteiger partial charge < -0.3 is 10.0 Å². The number of hydrogen-bond donors (Lipinski definition) is 1. The maximum atomic E-state index is 12.5. The molecule has 4 heteroatoms. The second kappa shape index (κ2) is 6.03. The topological polar surface area (TPSA) is 57.6 Å². The number of hydrogen-bond acceptors (Lipinski definition) is 2. The van der Waals surface area contributed by atoms with Gasteiger partial charge in [-0.05, 0) is 44.9 Å². The van der Waals surface area contributed by atoms with Gasteiger partial charge in [0.25, 0.3) is 0 Å². The third-order valence-corrected chi connectivity index (χ3v) is 3.95. The molecule has 0 aromatic carbocycles. The number of carbonyl (C=O) groups excluding carboxylic acids is 1. The minimum Gasteiger partial charge on any atom is -0.480 e. The molecule has 2 aliphatic rings. The molecule has 0 aromatic rings. The lowest BCUT2D eigenvalue weighted by Gasteiger charge is -2.35. The van der Waals surface area contributed by atoms with Gasteiger partial charge in [0.15, 0.2) is 0 Å². The van der Waals surface area contributed by atoms with E-state index in [0.29, 0.717) is 13.0 Å². The molecule has 1 aliphatic heterocycles. The predicted octanol–water partition coefficient (Wildman–Crippen LogP) is 2.20. The normalized spacial score (nSPS) is 25.8. The van der Waals surface area contributed by atoms with Crippen LogP contribution in [-0.2, 0) is 9.59 Å². The van der Waals surface area contributed by atoms with E-state index < -0.39 is 12.0 Å². The van der Waals surface area contributed by atoms with Gasteiger partial charge in [-0.1, -0.05) is 12.2 Å². The van der Waals surface area contributed by atoms with Crippen LogP contribution in [0.2, 0.25) is 0 Å². The van der Waals surface area contributed by atoms with Crippen molar-refractivity contribution in [3.05, 3.63) is 12.2 Å². The average molecular weight is 251 g/mol. The van der Waals surface area contributed by atoms with Gasteiger partial charge in [0.2, 0.25) is 5.91 Å². The summed E-state index contributed by atoms with van der Waals surface area (Å²) in [5, 5.41) is 9.21. The molecule has 1 atom stereocenters. The lowest BCUT2D eigenvalue weighted by atomic mass is 9.94. The van der Waals surface area contributed by atoms with Crippen LogP contribution in [0.1, 0.15) is 44.9 Å². The first-order valence-electron chi connectivity index (χ1n) is 6.88. The number of carboxylic acids is 1. The van der Waals surface area contributed by atoms with Gasteiger partial charge in [0.05, 0.1) is 0 Å². The second-order valence-electron chi connectivity index (χ2n) is 5.20. The summed E-state index contributed by atoms with van der Waals surface area (Å²) in [5.41, 5.74) is 0. The van der Waals surface area contributed by atoms with E-state index in [0.717, 1.165) is 38.5 Å². The minimum atomic E-state index is -0.852. The van der Waals surface area contributed by atoms with Crippen LogP contribution in [0.5, 0.6) is 0 Å². The van der Waals surface area contributed by atoms with E-state index in [1.807, 2.05) is 0 Å². The minimum absolute atomic E-state index is 0.0138. The third kappa shape index (κ3) is 2.92. The van der Waals surface area contributed by atoms with Crippen molar-refractivity contribution in [2.45, 2.75) is 51.0 Å². The van der Waals surface area contributed by atoms with Crippen molar-refractivity contribution in [1.29, 1.82) is 0 Å². The van der Waals surface area contributed by atoms with Crippen LogP contribution in [0.4, 0.5) is 0 Å². The molecule has 1 saturated heterocycles. The molecule has 4 nitrogen and oxygen atoms in total. The van der Waals surface area contributed by atoms with Gasteiger partial charge in [0.1, 0.15) is 6.04 Å². The molecule has 1 fully saturated rings. The number of piperidine rings is 1. The summed E-state index contributed by atoms with van der Waals surface area (Å²) >= 11 is 0. The Labute approximate surface area is 108 Å². The Morgan fingerprint density at radius 2 is 1.72 bits per heavy atom. The van der Waals surface area contributed by atoms with Crippen LogP contribution in [0.3, 0.4) is 0 Å². The second-order valence-corrected chi connectivity index (χ2v) is 5.20. The fourth-order valence-corrected chi connectivity index (χ4v) is 2.91. The zero-order valence-corrected chi connectivity index (χ0v) is 10.7. The molecule has 1 heterocycles. The summed E-state index contributed by atoms with van der Waals surface area (Å²) in [6.07, 6.45) is 10.3. The molecule has 1 N–H and O–H groups in total. The van der Waals surface area contributed by atoms with Crippen LogP contribution >= 0.6 is 0 Å². The standard InChI is InChI=1S/C14H21NO3/c16-13(11-7-3-1-2-4-8-11)15-10-6-5-9-12(15)14(17)18/h1-2,11-12H,3-10H2,(H,17,18). The van der Waals surface area contributed by atoms with Crippen molar-refractivity contribution in [2.24, 2.45) is 5.92 Å². The van der Waals surface area contributed by atoms with E-state index >= 15 is 0 Å². The van der Waals surface area contributed by atoms with Crippen LogP contribution in [0.25, 0.3) is 0 Å². The van der Waals surface area contributed by atoms with Crippen LogP contribution in [0, 0.1) is 5.92 Å². The molecule has 2 rings (SSSR count). The van der Waals surface area contributed by atoms with Crippen molar-refractivity contribution in [3.63, 3.8) is 0 Å². The highest BCUT2D eigenvalue weighted by molar-refractivity contribution is 5.85. The fourth-order valence-electron chi connectivity index (χ4n) is 2.91. The fraction of sp³-hybridized carbons (Fsp3) is 0.714. The summed E-state index contributed by atoms with van der Waals surface area (Å²) in [7, 11) is 0. The van der Waals surface area contributed by atoms with E-state index in [4.69, 9.17) is 0 Å². The molecule has 1 aliphatic carbocycles. The number of rotatable bonds is 2. The summed E-state index contributed by atoms with van der Waals surface area (Å²) in [5.74, 6) is -0.777. The Bertz CT molecular complexity index is 341. The monoisotopic (exact) mass is 251 g/mol. The first-order chi connectivity index (χ1) is 8.70. The summed E-state index contributed by atoms with van der Waals surface area (Å²) in [4.78, 5) is 25.3. The lowest BCUT2D eigenvalue weighted by molar-refractivity contribution is -0.154. The van der Waals surface area contributed by atoms with Gasteiger partial charge in [-0.2, -0.15) is 0 Å².